The summed E-state index contributed by atoms with van der Waals surface area (Å²) in [6.45, 7) is 3.33. The van der Waals surface area contributed by atoms with Crippen molar-refractivity contribution in [3.63, 3.8) is 0 Å². The van der Waals surface area contributed by atoms with E-state index in [9.17, 15) is 14.0 Å². The Morgan fingerprint density at radius 2 is 2.08 bits per heavy atom. The summed E-state index contributed by atoms with van der Waals surface area (Å²) in [6, 6.07) is 5.65. The molecule has 0 aliphatic carbocycles. The molecule has 2 aromatic rings. The van der Waals surface area contributed by atoms with E-state index < -0.39 is 0 Å². The van der Waals surface area contributed by atoms with Gasteiger partial charge in [-0.1, -0.05) is 13.3 Å². The summed E-state index contributed by atoms with van der Waals surface area (Å²) < 4.78 is 13.1. The molecule has 0 radical (unpaired) electrons. The maximum absolute atomic E-state index is 13.1. The summed E-state index contributed by atoms with van der Waals surface area (Å²) in [5, 5.41) is 5.27. The Labute approximate surface area is 156 Å². The third-order valence-corrected chi connectivity index (χ3v) is 5.61. The number of aromatic nitrogens is 1. The van der Waals surface area contributed by atoms with E-state index in [0.29, 0.717) is 30.2 Å². The number of carbonyl (C=O) groups excluding carboxylic acids is 2. The quantitative estimate of drug-likeness (QED) is 0.865. The molecule has 26 heavy (non-hydrogen) atoms. The van der Waals surface area contributed by atoms with Crippen LogP contribution in [0.1, 0.15) is 36.5 Å². The van der Waals surface area contributed by atoms with Gasteiger partial charge in [-0.05, 0) is 42.5 Å². The smallest absolute Gasteiger partial charge is 0.253 e. The van der Waals surface area contributed by atoms with Crippen LogP contribution in [0.15, 0.2) is 35.8 Å². The number of thiazole rings is 1. The van der Waals surface area contributed by atoms with E-state index in [1.807, 2.05) is 10.3 Å². The molecule has 0 saturated carbocycles. The Kier molecular flexibility index (Phi) is 5.98. The second-order valence-electron chi connectivity index (χ2n) is 6.56. The van der Waals surface area contributed by atoms with Crippen LogP contribution < -0.4 is 5.32 Å². The molecule has 7 heteroatoms. The minimum Gasteiger partial charge on any atom is -0.338 e. The van der Waals surface area contributed by atoms with Gasteiger partial charge in [-0.15, -0.1) is 11.3 Å². The molecule has 0 bridgehead atoms. The highest BCUT2D eigenvalue weighted by molar-refractivity contribution is 7.13. The number of nitrogens with one attached hydrogen (secondary N) is 1. The molecule has 2 heterocycles. The lowest BCUT2D eigenvalue weighted by Crippen LogP contribution is -2.44. The third-order valence-electron chi connectivity index (χ3n) is 4.92. The minimum absolute atomic E-state index is 0.0262. The van der Waals surface area contributed by atoms with Gasteiger partial charge in [-0.25, -0.2) is 9.37 Å². The highest BCUT2D eigenvalue weighted by Gasteiger charge is 2.32. The monoisotopic (exact) mass is 375 g/mol. The lowest BCUT2D eigenvalue weighted by atomic mass is 9.81. The van der Waals surface area contributed by atoms with Crippen molar-refractivity contribution >= 4 is 28.3 Å². The van der Waals surface area contributed by atoms with Gasteiger partial charge in [0.15, 0.2) is 5.13 Å². The first-order chi connectivity index (χ1) is 12.6. The van der Waals surface area contributed by atoms with E-state index in [1.165, 1.54) is 35.6 Å². The number of likely N-dealkylation sites (tertiary alicyclic amines) is 1. The number of rotatable bonds is 5. The summed E-state index contributed by atoms with van der Waals surface area (Å²) >= 11 is 1.40. The fourth-order valence-corrected chi connectivity index (χ4v) is 4.01. The van der Waals surface area contributed by atoms with Gasteiger partial charge < -0.3 is 10.2 Å². The first-order valence-corrected chi connectivity index (χ1v) is 9.69. The number of piperidine rings is 1. The Bertz CT molecular complexity index is 749. The van der Waals surface area contributed by atoms with Gasteiger partial charge in [0, 0.05) is 36.7 Å². The largest absolute Gasteiger partial charge is 0.338 e. The second kappa shape index (κ2) is 8.40. The average Bonchev–Trinajstić information content (AvgIpc) is 3.15. The van der Waals surface area contributed by atoms with Gasteiger partial charge in [-0.2, -0.15) is 0 Å². The van der Waals surface area contributed by atoms with E-state index in [2.05, 4.69) is 17.2 Å². The van der Waals surface area contributed by atoms with E-state index in [-0.39, 0.29) is 29.5 Å². The lowest BCUT2D eigenvalue weighted by molar-refractivity contribution is -0.117. The molecule has 138 valence electrons. The number of halogens is 1. The second-order valence-corrected chi connectivity index (χ2v) is 7.46. The SMILES string of the molecule is CC[C@H]1CN(C(=O)c2ccc(F)cc2)CC[C@H]1CC(=O)Nc1nccs1. The molecule has 5 nitrogen and oxygen atoms in total. The predicted molar refractivity (Wildman–Crippen MR) is 99.6 cm³/mol. The fourth-order valence-electron chi connectivity index (χ4n) is 3.47. The zero-order chi connectivity index (χ0) is 18.5. The van der Waals surface area contributed by atoms with Crippen molar-refractivity contribution in [2.75, 3.05) is 18.4 Å². The number of amides is 2. The molecule has 1 aliphatic rings. The highest BCUT2D eigenvalue weighted by Crippen LogP contribution is 2.30. The van der Waals surface area contributed by atoms with E-state index in [4.69, 9.17) is 0 Å². The molecule has 0 spiro atoms. The molecular formula is C19H22FN3O2S. The lowest BCUT2D eigenvalue weighted by Gasteiger charge is -2.38. The Morgan fingerprint density at radius 3 is 2.73 bits per heavy atom. The highest BCUT2D eigenvalue weighted by atomic mass is 32.1. The van der Waals surface area contributed by atoms with E-state index >= 15 is 0 Å². The molecule has 3 rings (SSSR count). The van der Waals surface area contributed by atoms with Crippen molar-refractivity contribution in [3.05, 3.63) is 47.2 Å². The maximum Gasteiger partial charge on any atom is 0.253 e. The molecule has 1 aromatic carbocycles. The molecule has 2 atom stereocenters. The Hall–Kier alpha value is -2.28. The Balaban J connectivity index is 1.58. The topological polar surface area (TPSA) is 62.3 Å². The molecule has 1 fully saturated rings. The van der Waals surface area contributed by atoms with Gasteiger partial charge in [-0.3, -0.25) is 9.59 Å². The average molecular weight is 375 g/mol. The summed E-state index contributed by atoms with van der Waals surface area (Å²) in [5.74, 6) is 0.0706. The number of benzene rings is 1. The number of nitrogens with zero attached hydrogens (tertiary/aromatic N) is 2. The van der Waals surface area contributed by atoms with Gasteiger partial charge in [0.05, 0.1) is 0 Å². The van der Waals surface area contributed by atoms with E-state index in [1.54, 1.807) is 6.20 Å². The predicted octanol–water partition coefficient (Wildman–Crippen LogP) is 3.80. The molecule has 1 aromatic heterocycles. The summed E-state index contributed by atoms with van der Waals surface area (Å²) in [6.07, 6.45) is 3.80. The van der Waals surface area contributed by atoms with Crippen molar-refractivity contribution in [2.45, 2.75) is 26.2 Å². The normalized spacial score (nSPS) is 20.0. The standard InChI is InChI=1S/C19H22FN3O2S/c1-2-13-12-23(18(25)14-3-5-16(20)6-4-14)9-7-15(13)11-17(24)22-19-21-8-10-26-19/h3-6,8,10,13,15H,2,7,9,11-12H2,1H3,(H,21,22,24)/t13-,15-/m0/s1. The van der Waals surface area contributed by atoms with Crippen molar-refractivity contribution in [2.24, 2.45) is 11.8 Å². The van der Waals surface area contributed by atoms with Gasteiger partial charge in [0.25, 0.3) is 5.91 Å². The van der Waals surface area contributed by atoms with Crippen LogP contribution in [0, 0.1) is 17.7 Å². The molecule has 1 saturated heterocycles. The van der Waals surface area contributed by atoms with Gasteiger partial charge in [0.1, 0.15) is 5.82 Å². The van der Waals surface area contributed by atoms with Crippen LogP contribution in [-0.4, -0.2) is 34.8 Å². The molecule has 2 amide bonds. The molecule has 1 aliphatic heterocycles. The van der Waals surface area contributed by atoms with Crippen LogP contribution in [0.5, 0.6) is 0 Å². The van der Waals surface area contributed by atoms with Gasteiger partial charge >= 0.3 is 0 Å². The van der Waals surface area contributed by atoms with E-state index in [0.717, 1.165) is 12.8 Å². The van der Waals surface area contributed by atoms with Crippen molar-refractivity contribution < 1.29 is 14.0 Å². The molecule has 1 N–H and O–H groups in total. The summed E-state index contributed by atoms with van der Waals surface area (Å²) in [4.78, 5) is 30.8. The number of carbonyl (C=O) groups is 2. The van der Waals surface area contributed by atoms with Crippen LogP contribution in [0.4, 0.5) is 9.52 Å². The first-order valence-electron chi connectivity index (χ1n) is 8.81. The van der Waals surface area contributed by atoms with Crippen molar-refractivity contribution in [1.82, 2.24) is 9.88 Å². The summed E-state index contributed by atoms with van der Waals surface area (Å²) in [7, 11) is 0. The minimum atomic E-state index is -0.349. The van der Waals surface area contributed by atoms with Gasteiger partial charge in [0.2, 0.25) is 5.91 Å². The van der Waals surface area contributed by atoms with Crippen LogP contribution in [-0.2, 0) is 4.79 Å². The number of hydrogen-bond donors (Lipinski definition) is 1. The number of hydrogen-bond acceptors (Lipinski definition) is 4. The van der Waals surface area contributed by atoms with Crippen LogP contribution in [0.3, 0.4) is 0 Å². The maximum atomic E-state index is 13.1. The van der Waals surface area contributed by atoms with Crippen molar-refractivity contribution in [1.29, 1.82) is 0 Å². The summed E-state index contributed by atoms with van der Waals surface area (Å²) in [5.41, 5.74) is 0.501. The first kappa shape index (κ1) is 18.5. The number of anilines is 1. The zero-order valence-electron chi connectivity index (χ0n) is 14.7. The van der Waals surface area contributed by atoms with Crippen LogP contribution >= 0.6 is 11.3 Å². The van der Waals surface area contributed by atoms with Crippen molar-refractivity contribution in [3.8, 4) is 0 Å². The van der Waals surface area contributed by atoms with Crippen LogP contribution in [0.2, 0.25) is 0 Å². The molecular weight excluding hydrogens is 353 g/mol. The third kappa shape index (κ3) is 4.46. The zero-order valence-corrected chi connectivity index (χ0v) is 15.5. The molecule has 0 unspecified atom stereocenters. The van der Waals surface area contributed by atoms with Crippen LogP contribution in [0.25, 0.3) is 0 Å². The Morgan fingerprint density at radius 1 is 1.31 bits per heavy atom. The fraction of sp³-hybridized carbons (Fsp3) is 0.421.